The van der Waals surface area contributed by atoms with Gasteiger partial charge in [-0.3, -0.25) is 0 Å². The van der Waals surface area contributed by atoms with Crippen LogP contribution >= 0.6 is 0 Å². The Morgan fingerprint density at radius 2 is 1.31 bits per heavy atom. The minimum atomic E-state index is -1.25. The molecule has 1 aliphatic heterocycles. The molecule has 1 saturated heterocycles. The number of hydrogen-bond donors (Lipinski definition) is 4. The third kappa shape index (κ3) is 2.37. The Kier molecular flexibility index (Phi) is 4.04. The average Bonchev–Trinajstić information content (AvgIpc) is 2.28. The molecule has 0 radical (unpaired) electrons. The summed E-state index contributed by atoms with van der Waals surface area (Å²) in [5.74, 6) is 0. The second-order valence-corrected chi connectivity index (χ2v) is 2.87. The number of aliphatic hydroxyl groups is 4. The van der Waals surface area contributed by atoms with Gasteiger partial charge in [0, 0.05) is 0 Å². The Balaban J connectivity index is 2.61. The Bertz CT molecular complexity index is 136. The molecular weight excluding hydrogens is 180 g/mol. The highest BCUT2D eigenvalue weighted by Crippen LogP contribution is 2.14. The molecule has 1 rings (SSSR count). The maximum atomic E-state index is 9.39. The molecule has 0 spiro atoms. The van der Waals surface area contributed by atoms with Gasteiger partial charge in [0.05, 0.1) is 13.2 Å². The third-order valence-electron chi connectivity index (χ3n) is 2.04. The molecule has 0 saturated carbocycles. The largest absolute Gasteiger partial charge is 0.394 e. The first-order valence-electron chi connectivity index (χ1n) is 4.01. The van der Waals surface area contributed by atoms with Gasteiger partial charge in [-0.2, -0.15) is 0 Å². The summed E-state index contributed by atoms with van der Waals surface area (Å²) in [6, 6.07) is 0. The topological polar surface area (TPSA) is 99.4 Å². The second kappa shape index (κ2) is 4.85. The molecule has 6 nitrogen and oxygen atoms in total. The molecule has 0 amide bonds. The smallest absolute Gasteiger partial charge is 0.147 e. The minimum absolute atomic E-state index is 0.162. The average molecular weight is 194 g/mol. The van der Waals surface area contributed by atoms with E-state index in [-0.39, 0.29) is 6.79 Å². The first-order valence-corrected chi connectivity index (χ1v) is 4.01. The molecule has 0 bridgehead atoms. The molecular formula is C7H14O6. The predicted molar refractivity (Wildman–Crippen MR) is 40.8 cm³/mol. The molecule has 4 N–H and O–H groups in total. The quantitative estimate of drug-likeness (QED) is 0.386. The summed E-state index contributed by atoms with van der Waals surface area (Å²) < 4.78 is 9.75. The van der Waals surface area contributed by atoms with Crippen LogP contribution in [0.1, 0.15) is 0 Å². The lowest BCUT2D eigenvalue weighted by Crippen LogP contribution is -2.45. The van der Waals surface area contributed by atoms with Crippen molar-refractivity contribution in [3.63, 3.8) is 0 Å². The van der Waals surface area contributed by atoms with E-state index in [1.165, 1.54) is 0 Å². The number of ether oxygens (including phenoxy) is 2. The van der Waals surface area contributed by atoms with Crippen molar-refractivity contribution in [1.29, 1.82) is 0 Å². The van der Waals surface area contributed by atoms with Crippen LogP contribution in [-0.4, -0.2) is 64.8 Å². The molecule has 0 aromatic carbocycles. The van der Waals surface area contributed by atoms with Crippen molar-refractivity contribution < 1.29 is 29.9 Å². The molecule has 0 aromatic rings. The van der Waals surface area contributed by atoms with E-state index in [1.807, 2.05) is 0 Å². The number of aliphatic hydroxyl groups excluding tert-OH is 4. The zero-order valence-corrected chi connectivity index (χ0v) is 7.04. The summed E-state index contributed by atoms with van der Waals surface area (Å²) in [6.45, 7) is -0.968. The fourth-order valence-electron chi connectivity index (χ4n) is 1.17. The van der Waals surface area contributed by atoms with E-state index in [0.717, 1.165) is 0 Å². The van der Waals surface area contributed by atoms with Crippen LogP contribution in [0.15, 0.2) is 0 Å². The van der Waals surface area contributed by atoms with E-state index >= 15 is 0 Å². The molecule has 6 heteroatoms. The van der Waals surface area contributed by atoms with E-state index in [9.17, 15) is 10.2 Å². The van der Waals surface area contributed by atoms with Crippen LogP contribution in [0.3, 0.4) is 0 Å². The van der Waals surface area contributed by atoms with Gasteiger partial charge in [-0.05, 0) is 0 Å². The highest BCUT2D eigenvalue weighted by molar-refractivity contribution is 4.83. The van der Waals surface area contributed by atoms with Gasteiger partial charge < -0.3 is 29.9 Å². The molecule has 1 heterocycles. The van der Waals surface area contributed by atoms with Crippen molar-refractivity contribution in [3.05, 3.63) is 0 Å². The molecule has 13 heavy (non-hydrogen) atoms. The SMILES string of the molecule is OC[C@@H]1OCO[C@@H](CO)[C@@H](O)[C@H]1O. The van der Waals surface area contributed by atoms with Crippen molar-refractivity contribution >= 4 is 0 Å². The van der Waals surface area contributed by atoms with Crippen LogP contribution in [0.25, 0.3) is 0 Å². The Labute approximate surface area is 75.3 Å². The van der Waals surface area contributed by atoms with Crippen LogP contribution in [0, 0.1) is 0 Å². The summed E-state index contributed by atoms with van der Waals surface area (Å²) in [5, 5.41) is 36.3. The van der Waals surface area contributed by atoms with E-state index in [1.54, 1.807) is 0 Å². The number of rotatable bonds is 2. The van der Waals surface area contributed by atoms with Crippen molar-refractivity contribution in [2.24, 2.45) is 0 Å². The van der Waals surface area contributed by atoms with Crippen molar-refractivity contribution in [3.8, 4) is 0 Å². The Morgan fingerprint density at radius 3 is 1.62 bits per heavy atom. The first-order chi connectivity index (χ1) is 6.20. The van der Waals surface area contributed by atoms with E-state index < -0.39 is 37.6 Å². The predicted octanol–water partition coefficient (Wildman–Crippen LogP) is -2.57. The van der Waals surface area contributed by atoms with E-state index in [4.69, 9.17) is 19.7 Å². The van der Waals surface area contributed by atoms with Crippen molar-refractivity contribution in [2.45, 2.75) is 24.4 Å². The molecule has 0 unspecified atom stereocenters. The maximum absolute atomic E-state index is 9.39. The van der Waals surface area contributed by atoms with Gasteiger partial charge in [-0.1, -0.05) is 0 Å². The van der Waals surface area contributed by atoms with Gasteiger partial charge in [0.25, 0.3) is 0 Å². The summed E-state index contributed by atoms with van der Waals surface area (Å²) in [4.78, 5) is 0. The van der Waals surface area contributed by atoms with Crippen LogP contribution in [-0.2, 0) is 9.47 Å². The summed E-state index contributed by atoms with van der Waals surface area (Å²) >= 11 is 0. The fraction of sp³-hybridized carbons (Fsp3) is 1.00. The molecule has 0 aromatic heterocycles. The summed E-state index contributed by atoms with van der Waals surface area (Å²) in [5.41, 5.74) is 0. The normalized spacial score (nSPS) is 41.5. The van der Waals surface area contributed by atoms with Crippen LogP contribution < -0.4 is 0 Å². The van der Waals surface area contributed by atoms with E-state index in [0.29, 0.717) is 0 Å². The van der Waals surface area contributed by atoms with Crippen molar-refractivity contribution in [1.82, 2.24) is 0 Å². The van der Waals surface area contributed by atoms with Crippen molar-refractivity contribution in [2.75, 3.05) is 20.0 Å². The molecule has 1 fully saturated rings. The van der Waals surface area contributed by atoms with Gasteiger partial charge >= 0.3 is 0 Å². The monoisotopic (exact) mass is 194 g/mol. The lowest BCUT2D eigenvalue weighted by atomic mass is 10.0. The molecule has 1 aliphatic rings. The lowest BCUT2D eigenvalue weighted by Gasteiger charge is -2.23. The molecule has 4 atom stereocenters. The maximum Gasteiger partial charge on any atom is 0.147 e. The summed E-state index contributed by atoms with van der Waals surface area (Å²) in [6.07, 6.45) is -4.23. The van der Waals surface area contributed by atoms with Crippen LogP contribution in [0.2, 0.25) is 0 Å². The lowest BCUT2D eigenvalue weighted by molar-refractivity contribution is -0.123. The highest BCUT2D eigenvalue weighted by atomic mass is 16.7. The van der Waals surface area contributed by atoms with Crippen LogP contribution in [0.5, 0.6) is 0 Å². The fourth-order valence-corrected chi connectivity index (χ4v) is 1.17. The molecule has 0 aliphatic carbocycles. The van der Waals surface area contributed by atoms with Gasteiger partial charge in [0.2, 0.25) is 0 Å². The zero-order valence-electron chi connectivity index (χ0n) is 7.04. The standard InChI is InChI=1S/C7H14O6/c8-1-4-6(10)7(11)5(2-9)13-3-12-4/h4-11H,1-3H2/t4-,5-,6-,7+/m0/s1. The van der Waals surface area contributed by atoms with Gasteiger partial charge in [-0.25, -0.2) is 0 Å². The Hall–Kier alpha value is -0.240. The second-order valence-electron chi connectivity index (χ2n) is 2.87. The number of hydrogen-bond acceptors (Lipinski definition) is 6. The van der Waals surface area contributed by atoms with Crippen LogP contribution in [0.4, 0.5) is 0 Å². The van der Waals surface area contributed by atoms with Gasteiger partial charge in [0.1, 0.15) is 31.2 Å². The zero-order chi connectivity index (χ0) is 9.84. The first kappa shape index (κ1) is 10.8. The highest BCUT2D eigenvalue weighted by Gasteiger charge is 2.35. The van der Waals surface area contributed by atoms with Gasteiger partial charge in [0.15, 0.2) is 0 Å². The third-order valence-corrected chi connectivity index (χ3v) is 2.04. The summed E-state index contributed by atoms with van der Waals surface area (Å²) in [7, 11) is 0. The van der Waals surface area contributed by atoms with E-state index in [2.05, 4.69) is 0 Å². The Morgan fingerprint density at radius 1 is 0.923 bits per heavy atom. The minimum Gasteiger partial charge on any atom is -0.394 e. The van der Waals surface area contributed by atoms with Gasteiger partial charge in [-0.15, -0.1) is 0 Å². The molecule has 78 valence electrons.